The topological polar surface area (TPSA) is 29.1 Å². The van der Waals surface area contributed by atoms with Gasteiger partial charge in [-0.05, 0) is 37.8 Å². The Balaban J connectivity index is 2.49. The minimum Gasteiger partial charge on any atom is -0.351 e. The van der Waals surface area contributed by atoms with Gasteiger partial charge in [-0.25, -0.2) is 0 Å². The average molecular weight is 318 g/mol. The second kappa shape index (κ2) is 7.17. The molecule has 0 aliphatic rings. The fraction of sp³-hybridized carbons (Fsp3) is 0.615. The van der Waals surface area contributed by atoms with Crippen LogP contribution in [0.3, 0.4) is 0 Å². The summed E-state index contributed by atoms with van der Waals surface area (Å²) in [7, 11) is 0. The molecule has 0 fully saturated rings. The van der Waals surface area contributed by atoms with Gasteiger partial charge in [-0.2, -0.15) is 0 Å². The van der Waals surface area contributed by atoms with E-state index in [-0.39, 0.29) is 5.91 Å². The fourth-order valence-corrected chi connectivity index (χ4v) is 3.21. The molecule has 1 atom stereocenters. The second-order valence-electron chi connectivity index (χ2n) is 4.31. The van der Waals surface area contributed by atoms with Crippen LogP contribution < -0.4 is 5.32 Å². The van der Waals surface area contributed by atoms with Gasteiger partial charge in [0.05, 0.1) is 4.88 Å². The molecular weight excluding hydrogens is 298 g/mol. The summed E-state index contributed by atoms with van der Waals surface area (Å²) in [5, 5.41) is 4.02. The molecule has 1 N–H and O–H groups in total. The van der Waals surface area contributed by atoms with E-state index in [2.05, 4.69) is 35.1 Å². The first kappa shape index (κ1) is 14.7. The molecule has 1 amide bonds. The van der Waals surface area contributed by atoms with Gasteiger partial charge in [-0.3, -0.25) is 4.79 Å². The first-order chi connectivity index (χ1) is 8.08. The molecule has 1 aromatic heterocycles. The van der Waals surface area contributed by atoms with Gasteiger partial charge < -0.3 is 5.32 Å². The molecule has 0 bridgehead atoms. The lowest BCUT2D eigenvalue weighted by molar-refractivity contribution is 0.0950. The van der Waals surface area contributed by atoms with Crippen LogP contribution in [0.25, 0.3) is 0 Å². The van der Waals surface area contributed by atoms with Gasteiger partial charge in [0.1, 0.15) is 0 Å². The minimum absolute atomic E-state index is 0.0687. The lowest BCUT2D eigenvalue weighted by Gasteiger charge is -2.13. The monoisotopic (exact) mass is 317 g/mol. The molecule has 96 valence electrons. The van der Waals surface area contributed by atoms with E-state index >= 15 is 0 Å². The summed E-state index contributed by atoms with van der Waals surface area (Å²) in [5.41, 5.74) is 1.20. The summed E-state index contributed by atoms with van der Waals surface area (Å²) in [5.74, 6) is 0.639. The lowest BCUT2D eigenvalue weighted by atomic mass is 10.0. The Bertz CT molecular complexity index is 356. The molecule has 0 radical (unpaired) electrons. The van der Waals surface area contributed by atoms with Crippen molar-refractivity contribution in [1.29, 1.82) is 0 Å². The predicted octanol–water partition coefficient (Wildman–Crippen LogP) is 3.91. The number of rotatable bonds is 6. The summed E-state index contributed by atoms with van der Waals surface area (Å²) in [6.07, 6.45) is 2.22. The van der Waals surface area contributed by atoms with Crippen LogP contribution in [0, 0.1) is 19.8 Å². The van der Waals surface area contributed by atoms with Crippen molar-refractivity contribution in [2.45, 2.75) is 33.6 Å². The molecule has 1 rings (SSSR count). The quantitative estimate of drug-likeness (QED) is 0.792. The Morgan fingerprint density at radius 2 is 2.24 bits per heavy atom. The third kappa shape index (κ3) is 4.43. The Morgan fingerprint density at radius 1 is 1.53 bits per heavy atom. The summed E-state index contributed by atoms with van der Waals surface area (Å²) in [6, 6.07) is 1.97. The van der Waals surface area contributed by atoms with Crippen molar-refractivity contribution >= 4 is 33.2 Å². The average Bonchev–Trinajstić information content (AvgIpc) is 2.64. The first-order valence-electron chi connectivity index (χ1n) is 5.99. The Kier molecular flexibility index (Phi) is 6.20. The first-order valence-corrected chi connectivity index (χ1v) is 7.93. The van der Waals surface area contributed by atoms with Crippen LogP contribution in [0.4, 0.5) is 0 Å². The molecule has 0 aliphatic carbocycles. The molecule has 1 heterocycles. The molecule has 0 aliphatic heterocycles. The third-order valence-corrected chi connectivity index (χ3v) is 4.64. The molecular formula is C13H20BrNOS. The van der Waals surface area contributed by atoms with Crippen LogP contribution in [-0.4, -0.2) is 17.8 Å². The van der Waals surface area contributed by atoms with Gasteiger partial charge in [0.25, 0.3) is 5.91 Å². The van der Waals surface area contributed by atoms with E-state index in [1.54, 1.807) is 11.3 Å². The maximum absolute atomic E-state index is 11.9. The van der Waals surface area contributed by atoms with Gasteiger partial charge >= 0.3 is 0 Å². The summed E-state index contributed by atoms with van der Waals surface area (Å²) >= 11 is 5.02. The highest BCUT2D eigenvalue weighted by Gasteiger charge is 2.12. The smallest absolute Gasteiger partial charge is 0.261 e. The number of alkyl halides is 1. The van der Waals surface area contributed by atoms with Gasteiger partial charge in [0.15, 0.2) is 0 Å². The maximum Gasteiger partial charge on any atom is 0.261 e. The van der Waals surface area contributed by atoms with Crippen molar-refractivity contribution in [2.75, 3.05) is 11.9 Å². The zero-order valence-electron chi connectivity index (χ0n) is 10.7. The third-order valence-electron chi connectivity index (χ3n) is 3.04. The van der Waals surface area contributed by atoms with Crippen molar-refractivity contribution in [3.63, 3.8) is 0 Å². The van der Waals surface area contributed by atoms with E-state index in [0.29, 0.717) is 5.92 Å². The van der Waals surface area contributed by atoms with E-state index in [9.17, 15) is 4.79 Å². The number of aryl methyl sites for hydroxylation is 2. The largest absolute Gasteiger partial charge is 0.351 e. The number of halogens is 1. The number of amides is 1. The summed E-state index contributed by atoms with van der Waals surface area (Å²) < 4.78 is 0. The minimum atomic E-state index is 0.0687. The van der Waals surface area contributed by atoms with Gasteiger partial charge in [0, 0.05) is 16.8 Å². The number of thiophene rings is 1. The number of hydrogen-bond donors (Lipinski definition) is 1. The number of nitrogens with one attached hydrogen (secondary N) is 1. The molecule has 2 nitrogen and oxygen atoms in total. The van der Waals surface area contributed by atoms with E-state index in [1.807, 2.05) is 13.0 Å². The van der Waals surface area contributed by atoms with Crippen molar-refractivity contribution in [1.82, 2.24) is 5.32 Å². The highest BCUT2D eigenvalue weighted by Crippen LogP contribution is 2.20. The fourth-order valence-electron chi connectivity index (χ4n) is 1.61. The van der Waals surface area contributed by atoms with Gasteiger partial charge in [0.2, 0.25) is 0 Å². The van der Waals surface area contributed by atoms with Crippen LogP contribution >= 0.6 is 27.3 Å². The predicted molar refractivity (Wildman–Crippen MR) is 78.3 cm³/mol. The zero-order chi connectivity index (χ0) is 12.8. The highest BCUT2D eigenvalue weighted by atomic mass is 79.9. The van der Waals surface area contributed by atoms with Crippen molar-refractivity contribution < 1.29 is 4.79 Å². The number of carbonyl (C=O) groups is 1. The summed E-state index contributed by atoms with van der Waals surface area (Å²) in [6.45, 7) is 7.04. The molecule has 0 spiro atoms. The molecule has 0 saturated heterocycles. The van der Waals surface area contributed by atoms with E-state index in [0.717, 1.165) is 29.6 Å². The molecule has 0 saturated carbocycles. The van der Waals surface area contributed by atoms with E-state index in [4.69, 9.17) is 0 Å². The maximum atomic E-state index is 11.9. The normalized spacial score (nSPS) is 12.5. The Morgan fingerprint density at radius 3 is 2.71 bits per heavy atom. The second-order valence-corrected chi connectivity index (χ2v) is 6.36. The van der Waals surface area contributed by atoms with Crippen LogP contribution in [0.15, 0.2) is 6.07 Å². The van der Waals surface area contributed by atoms with E-state index in [1.165, 1.54) is 10.4 Å². The lowest BCUT2D eigenvalue weighted by Crippen LogP contribution is -2.28. The molecule has 0 aromatic carbocycles. The van der Waals surface area contributed by atoms with Crippen LogP contribution in [0.2, 0.25) is 0 Å². The van der Waals surface area contributed by atoms with Crippen LogP contribution in [0.1, 0.15) is 39.9 Å². The zero-order valence-corrected chi connectivity index (χ0v) is 13.1. The van der Waals surface area contributed by atoms with Crippen LogP contribution in [0.5, 0.6) is 0 Å². The summed E-state index contributed by atoms with van der Waals surface area (Å²) in [4.78, 5) is 14.0. The Hall–Kier alpha value is -0.350. The SMILES string of the molecule is CCC(CCBr)CNC(=O)c1cc(C)c(C)s1. The number of hydrogen-bond acceptors (Lipinski definition) is 2. The standard InChI is InChI=1S/C13H20BrNOS/c1-4-11(5-6-14)8-15-13(16)12-7-9(2)10(3)17-12/h7,11H,4-6,8H2,1-3H3,(H,15,16). The molecule has 1 aromatic rings. The Labute approximate surface area is 116 Å². The molecule has 17 heavy (non-hydrogen) atoms. The molecule has 4 heteroatoms. The van der Waals surface area contributed by atoms with Crippen molar-refractivity contribution in [2.24, 2.45) is 5.92 Å². The molecule has 1 unspecified atom stereocenters. The van der Waals surface area contributed by atoms with Crippen molar-refractivity contribution in [3.05, 3.63) is 21.4 Å². The number of carbonyl (C=O) groups excluding carboxylic acids is 1. The van der Waals surface area contributed by atoms with Gasteiger partial charge in [-0.15, -0.1) is 11.3 Å². The van der Waals surface area contributed by atoms with Gasteiger partial charge in [-0.1, -0.05) is 29.3 Å². The van der Waals surface area contributed by atoms with Crippen molar-refractivity contribution in [3.8, 4) is 0 Å². The van der Waals surface area contributed by atoms with E-state index < -0.39 is 0 Å². The van der Waals surface area contributed by atoms with Crippen LogP contribution in [-0.2, 0) is 0 Å². The highest BCUT2D eigenvalue weighted by molar-refractivity contribution is 9.09.